The number of amides is 1. The zero-order chi connectivity index (χ0) is 46.5. The lowest BCUT2D eigenvalue weighted by Crippen LogP contribution is -2.45. The van der Waals surface area contributed by atoms with Gasteiger partial charge in [0.1, 0.15) is 0 Å². The van der Waals surface area contributed by atoms with Crippen LogP contribution in [-0.4, -0.2) is 47.4 Å². The van der Waals surface area contributed by atoms with Crippen LogP contribution in [0.3, 0.4) is 0 Å². The lowest BCUT2D eigenvalue weighted by molar-refractivity contribution is -0.143. The molecule has 1 amide bonds. The van der Waals surface area contributed by atoms with E-state index in [-0.39, 0.29) is 18.5 Å². The molecule has 0 aromatic rings. The van der Waals surface area contributed by atoms with Crippen LogP contribution in [0, 0.1) is 0 Å². The molecule has 0 bridgehead atoms. The summed E-state index contributed by atoms with van der Waals surface area (Å²) < 4.78 is 5.45. The molecule has 0 aliphatic carbocycles. The fourth-order valence-corrected chi connectivity index (χ4v) is 8.57. The normalized spacial score (nSPS) is 12.9. The maximum absolute atomic E-state index is 12.4. The number of aliphatic hydroxyl groups is 2. The highest BCUT2D eigenvalue weighted by molar-refractivity contribution is 5.76. The highest BCUT2D eigenvalue weighted by atomic mass is 16.5. The summed E-state index contributed by atoms with van der Waals surface area (Å²) in [5, 5.41) is 23.1. The predicted octanol–water partition coefficient (Wildman–Crippen LogP) is 17.2. The van der Waals surface area contributed by atoms with Crippen LogP contribution in [0.4, 0.5) is 0 Å². The van der Waals surface area contributed by atoms with Gasteiger partial charge in [0.05, 0.1) is 25.4 Å². The third-order valence-corrected chi connectivity index (χ3v) is 12.9. The number of hydrogen-bond donors (Lipinski definition) is 3. The number of nitrogens with one attached hydrogen (secondary N) is 1. The predicted molar refractivity (Wildman–Crippen MR) is 278 cm³/mol. The Hall–Kier alpha value is -1.92. The first-order valence-electron chi connectivity index (χ1n) is 28.3. The van der Waals surface area contributed by atoms with E-state index < -0.39 is 12.1 Å². The SMILES string of the molecule is CCCCCCCCCCCCCC/C=C/C(O)C(CO)NC(=O)CCCCCCCCCCCC/C=C\C=C/CCCCCOC(=O)CCCCCCCCCCCCCCCC. The van der Waals surface area contributed by atoms with E-state index >= 15 is 0 Å². The average molecular weight is 901 g/mol. The Labute approximate surface area is 398 Å². The van der Waals surface area contributed by atoms with Crippen LogP contribution in [0.1, 0.15) is 296 Å². The van der Waals surface area contributed by atoms with E-state index in [0.717, 1.165) is 77.0 Å². The molecule has 3 N–H and O–H groups in total. The molecule has 0 aliphatic heterocycles. The summed E-state index contributed by atoms with van der Waals surface area (Å²) in [5.41, 5.74) is 0. The lowest BCUT2D eigenvalue weighted by Gasteiger charge is -2.20. The fourth-order valence-electron chi connectivity index (χ4n) is 8.57. The van der Waals surface area contributed by atoms with Crippen molar-refractivity contribution in [1.29, 1.82) is 0 Å². The molecule has 2 unspecified atom stereocenters. The minimum Gasteiger partial charge on any atom is -0.466 e. The summed E-state index contributed by atoms with van der Waals surface area (Å²) in [4.78, 5) is 24.5. The standard InChI is InChI=1S/C58H109NO5/c1-3-5-7-9-11-13-15-17-26-30-34-38-42-46-50-56(61)55(54-60)59-57(62)51-47-43-39-35-31-27-24-22-20-19-21-23-25-29-33-37-41-45-49-53-64-58(63)52-48-44-40-36-32-28-18-16-14-12-10-8-6-4-2/h23,25,29,33,46,50,55-56,60-61H,3-22,24,26-28,30-32,34-45,47-49,51-54H2,1-2H3,(H,59,62)/b25-23-,33-29-,50-46+. The second-order valence-electron chi connectivity index (χ2n) is 19.3. The molecule has 376 valence electrons. The Morgan fingerprint density at radius 3 is 1.16 bits per heavy atom. The van der Waals surface area contributed by atoms with Gasteiger partial charge in [0.15, 0.2) is 0 Å². The second-order valence-corrected chi connectivity index (χ2v) is 19.3. The average Bonchev–Trinajstić information content (AvgIpc) is 3.29. The minimum absolute atomic E-state index is 0.0122. The Morgan fingerprint density at radius 1 is 0.438 bits per heavy atom. The molecule has 64 heavy (non-hydrogen) atoms. The van der Waals surface area contributed by atoms with Crippen LogP contribution in [0.5, 0.6) is 0 Å². The van der Waals surface area contributed by atoms with Gasteiger partial charge in [-0.3, -0.25) is 9.59 Å². The van der Waals surface area contributed by atoms with Crippen LogP contribution >= 0.6 is 0 Å². The molecule has 0 aromatic heterocycles. The van der Waals surface area contributed by atoms with Gasteiger partial charge in [-0.25, -0.2) is 0 Å². The van der Waals surface area contributed by atoms with E-state index in [1.54, 1.807) is 6.08 Å². The smallest absolute Gasteiger partial charge is 0.305 e. The van der Waals surface area contributed by atoms with Gasteiger partial charge in [-0.15, -0.1) is 0 Å². The summed E-state index contributed by atoms with van der Waals surface area (Å²) >= 11 is 0. The molecule has 6 nitrogen and oxygen atoms in total. The maximum Gasteiger partial charge on any atom is 0.305 e. The van der Waals surface area contributed by atoms with Gasteiger partial charge >= 0.3 is 5.97 Å². The number of unbranched alkanes of at least 4 members (excludes halogenated alkanes) is 38. The van der Waals surface area contributed by atoms with Gasteiger partial charge < -0.3 is 20.3 Å². The Kier molecular flexibility index (Phi) is 52.1. The third-order valence-electron chi connectivity index (χ3n) is 12.9. The molecule has 0 aromatic carbocycles. The Balaban J connectivity index is 3.50. The number of allylic oxidation sites excluding steroid dienone is 5. The highest BCUT2D eigenvalue weighted by Crippen LogP contribution is 2.16. The van der Waals surface area contributed by atoms with Gasteiger partial charge in [-0.1, -0.05) is 256 Å². The van der Waals surface area contributed by atoms with Crippen molar-refractivity contribution in [3.63, 3.8) is 0 Å². The molecule has 6 heteroatoms. The first-order valence-corrected chi connectivity index (χ1v) is 28.3. The number of rotatable bonds is 52. The third kappa shape index (κ3) is 49.5. The molecule has 0 fully saturated rings. The topological polar surface area (TPSA) is 95.9 Å². The van der Waals surface area contributed by atoms with Crippen molar-refractivity contribution >= 4 is 11.9 Å². The van der Waals surface area contributed by atoms with E-state index in [1.165, 1.54) is 193 Å². The van der Waals surface area contributed by atoms with E-state index in [1.807, 2.05) is 6.08 Å². The fraction of sp³-hybridized carbons (Fsp3) is 0.862. The summed E-state index contributed by atoms with van der Waals surface area (Å²) in [5.74, 6) is -0.0899. The van der Waals surface area contributed by atoms with E-state index in [9.17, 15) is 19.8 Å². The number of aliphatic hydroxyl groups excluding tert-OH is 2. The summed E-state index contributed by atoms with van der Waals surface area (Å²) in [6.45, 7) is 4.87. The van der Waals surface area contributed by atoms with Crippen LogP contribution < -0.4 is 5.32 Å². The summed E-state index contributed by atoms with van der Waals surface area (Å²) in [7, 11) is 0. The van der Waals surface area contributed by atoms with Crippen molar-refractivity contribution < 1.29 is 24.5 Å². The maximum atomic E-state index is 12.4. The number of carbonyl (C=O) groups is 2. The molecule has 0 radical (unpaired) electrons. The molecular weight excluding hydrogens is 791 g/mol. The monoisotopic (exact) mass is 900 g/mol. The number of carbonyl (C=O) groups excluding carboxylic acids is 2. The van der Waals surface area contributed by atoms with Crippen molar-refractivity contribution in [3.8, 4) is 0 Å². The quantitative estimate of drug-likeness (QED) is 0.0245. The van der Waals surface area contributed by atoms with Crippen molar-refractivity contribution in [2.45, 2.75) is 309 Å². The van der Waals surface area contributed by atoms with Crippen LogP contribution in [0.25, 0.3) is 0 Å². The molecule has 2 atom stereocenters. The van der Waals surface area contributed by atoms with Crippen LogP contribution in [0.15, 0.2) is 36.5 Å². The molecule has 0 spiro atoms. The number of hydrogen-bond acceptors (Lipinski definition) is 5. The van der Waals surface area contributed by atoms with Gasteiger partial charge in [0.25, 0.3) is 0 Å². The molecule has 0 heterocycles. The Bertz CT molecular complexity index is 1040. The van der Waals surface area contributed by atoms with Gasteiger partial charge in [0.2, 0.25) is 5.91 Å². The molecule has 0 rings (SSSR count). The van der Waals surface area contributed by atoms with Crippen molar-refractivity contribution in [2.24, 2.45) is 0 Å². The van der Waals surface area contributed by atoms with Crippen molar-refractivity contribution in [3.05, 3.63) is 36.5 Å². The first-order chi connectivity index (χ1) is 31.5. The number of esters is 1. The van der Waals surface area contributed by atoms with Gasteiger partial charge in [-0.05, 0) is 64.2 Å². The van der Waals surface area contributed by atoms with E-state index in [2.05, 4.69) is 43.5 Å². The molecule has 0 saturated carbocycles. The summed E-state index contributed by atoms with van der Waals surface area (Å²) in [6.07, 6.45) is 65.9. The van der Waals surface area contributed by atoms with Crippen LogP contribution in [-0.2, 0) is 14.3 Å². The second kappa shape index (κ2) is 53.7. The molecule has 0 aliphatic rings. The van der Waals surface area contributed by atoms with Crippen molar-refractivity contribution in [2.75, 3.05) is 13.2 Å². The van der Waals surface area contributed by atoms with Crippen molar-refractivity contribution in [1.82, 2.24) is 5.32 Å². The molecular formula is C58H109NO5. The first kappa shape index (κ1) is 62.1. The largest absolute Gasteiger partial charge is 0.466 e. The zero-order valence-corrected chi connectivity index (χ0v) is 42.8. The minimum atomic E-state index is -0.851. The van der Waals surface area contributed by atoms with E-state index in [0.29, 0.717) is 19.4 Å². The Morgan fingerprint density at radius 2 is 0.766 bits per heavy atom. The summed E-state index contributed by atoms with van der Waals surface area (Å²) in [6, 6.07) is -0.635. The van der Waals surface area contributed by atoms with Gasteiger partial charge in [0, 0.05) is 12.8 Å². The van der Waals surface area contributed by atoms with E-state index in [4.69, 9.17) is 4.74 Å². The zero-order valence-electron chi connectivity index (χ0n) is 42.8. The van der Waals surface area contributed by atoms with Gasteiger partial charge in [-0.2, -0.15) is 0 Å². The molecule has 0 saturated heterocycles. The highest BCUT2D eigenvalue weighted by Gasteiger charge is 2.18. The van der Waals surface area contributed by atoms with Crippen LogP contribution in [0.2, 0.25) is 0 Å². The lowest BCUT2D eigenvalue weighted by atomic mass is 10.0. The number of ether oxygens (including phenoxy) is 1.